The van der Waals surface area contributed by atoms with E-state index in [0.29, 0.717) is 5.75 Å². The van der Waals surface area contributed by atoms with Crippen LogP contribution in [-0.4, -0.2) is 28.9 Å². The highest BCUT2D eigenvalue weighted by molar-refractivity contribution is 5.93. The third-order valence-electron chi connectivity index (χ3n) is 4.42. The maximum absolute atomic E-state index is 12.3. The summed E-state index contributed by atoms with van der Waals surface area (Å²) in [5.74, 6) is 1.28. The fourth-order valence-electron chi connectivity index (χ4n) is 3.16. The van der Waals surface area contributed by atoms with Crippen molar-refractivity contribution < 1.29 is 14.3 Å². The SMILES string of the molecule is COc1ccc(/C=C/C(=O)n2nc(C)cc2C)cc1OC1CCCC1. The second kappa shape index (κ2) is 7.55. The molecule has 1 saturated carbocycles. The molecule has 0 radical (unpaired) electrons. The van der Waals surface area contributed by atoms with E-state index in [1.165, 1.54) is 23.6 Å². The quantitative estimate of drug-likeness (QED) is 0.766. The molecule has 0 bridgehead atoms. The Bertz CT molecular complexity index is 786. The lowest BCUT2D eigenvalue weighted by Crippen LogP contribution is -2.12. The molecule has 0 unspecified atom stereocenters. The molecule has 1 aliphatic rings. The van der Waals surface area contributed by atoms with E-state index in [2.05, 4.69) is 5.10 Å². The highest BCUT2D eigenvalue weighted by Crippen LogP contribution is 2.32. The molecule has 1 heterocycles. The Morgan fingerprint density at radius 1 is 1.20 bits per heavy atom. The van der Waals surface area contributed by atoms with Crippen molar-refractivity contribution in [1.82, 2.24) is 9.78 Å². The molecule has 1 fully saturated rings. The minimum atomic E-state index is -0.167. The molecule has 0 N–H and O–H groups in total. The molecular formula is C20H24N2O3. The number of allylic oxidation sites excluding steroid dienone is 1. The average Bonchev–Trinajstić information content (AvgIpc) is 3.22. The fourth-order valence-corrected chi connectivity index (χ4v) is 3.16. The molecule has 1 aromatic heterocycles. The predicted octanol–water partition coefficient (Wildman–Crippen LogP) is 4.18. The maximum Gasteiger partial charge on any atom is 0.271 e. The van der Waals surface area contributed by atoms with Crippen LogP contribution in [0.2, 0.25) is 0 Å². The number of benzene rings is 1. The van der Waals surface area contributed by atoms with Crippen LogP contribution in [-0.2, 0) is 0 Å². The van der Waals surface area contributed by atoms with Crippen LogP contribution in [0.15, 0.2) is 30.3 Å². The van der Waals surface area contributed by atoms with E-state index < -0.39 is 0 Å². The lowest BCUT2D eigenvalue weighted by Gasteiger charge is -2.16. The monoisotopic (exact) mass is 340 g/mol. The van der Waals surface area contributed by atoms with Crippen LogP contribution in [0.5, 0.6) is 11.5 Å². The van der Waals surface area contributed by atoms with Crippen LogP contribution < -0.4 is 9.47 Å². The molecule has 5 nitrogen and oxygen atoms in total. The summed E-state index contributed by atoms with van der Waals surface area (Å²) >= 11 is 0. The topological polar surface area (TPSA) is 53.4 Å². The third kappa shape index (κ3) is 4.10. The van der Waals surface area contributed by atoms with Crippen LogP contribution in [0.3, 0.4) is 0 Å². The number of hydrogen-bond donors (Lipinski definition) is 0. The number of methoxy groups -OCH3 is 1. The summed E-state index contributed by atoms with van der Waals surface area (Å²) in [4.78, 5) is 12.3. The van der Waals surface area contributed by atoms with Crippen LogP contribution in [0.25, 0.3) is 6.08 Å². The van der Waals surface area contributed by atoms with Gasteiger partial charge in [-0.15, -0.1) is 0 Å². The number of carbonyl (C=O) groups is 1. The van der Waals surface area contributed by atoms with Crippen molar-refractivity contribution in [2.75, 3.05) is 7.11 Å². The number of aromatic nitrogens is 2. The van der Waals surface area contributed by atoms with Crippen molar-refractivity contribution in [3.8, 4) is 11.5 Å². The van der Waals surface area contributed by atoms with E-state index in [-0.39, 0.29) is 12.0 Å². The summed E-state index contributed by atoms with van der Waals surface area (Å²) < 4.78 is 12.9. The molecule has 0 atom stereocenters. The number of carbonyl (C=O) groups excluding carboxylic acids is 1. The average molecular weight is 340 g/mol. The molecule has 132 valence electrons. The van der Waals surface area contributed by atoms with Gasteiger partial charge in [-0.3, -0.25) is 4.79 Å². The van der Waals surface area contributed by atoms with E-state index in [4.69, 9.17) is 9.47 Å². The fraction of sp³-hybridized carbons (Fsp3) is 0.400. The van der Waals surface area contributed by atoms with Gasteiger partial charge in [0.05, 0.1) is 18.9 Å². The molecule has 0 saturated heterocycles. The molecule has 1 aromatic carbocycles. The number of hydrogen-bond acceptors (Lipinski definition) is 4. The molecular weight excluding hydrogens is 316 g/mol. The van der Waals surface area contributed by atoms with Crippen LogP contribution in [0.1, 0.15) is 47.4 Å². The Morgan fingerprint density at radius 3 is 2.60 bits per heavy atom. The van der Waals surface area contributed by atoms with Gasteiger partial charge in [-0.1, -0.05) is 6.07 Å². The van der Waals surface area contributed by atoms with Gasteiger partial charge in [0.25, 0.3) is 5.91 Å². The molecule has 0 amide bonds. The first-order valence-corrected chi connectivity index (χ1v) is 8.67. The summed E-state index contributed by atoms with van der Waals surface area (Å²) in [7, 11) is 1.64. The largest absolute Gasteiger partial charge is 0.493 e. The zero-order chi connectivity index (χ0) is 17.8. The van der Waals surface area contributed by atoms with Gasteiger partial charge in [-0.2, -0.15) is 5.10 Å². The first-order valence-electron chi connectivity index (χ1n) is 8.67. The highest BCUT2D eigenvalue weighted by Gasteiger charge is 2.18. The molecule has 3 rings (SSSR count). The summed E-state index contributed by atoms with van der Waals surface area (Å²) in [5.41, 5.74) is 2.55. The zero-order valence-corrected chi connectivity index (χ0v) is 15.0. The minimum absolute atomic E-state index is 0.167. The summed E-state index contributed by atoms with van der Waals surface area (Å²) in [6.45, 7) is 3.74. The van der Waals surface area contributed by atoms with E-state index >= 15 is 0 Å². The smallest absolute Gasteiger partial charge is 0.271 e. The number of ether oxygens (including phenoxy) is 2. The zero-order valence-electron chi connectivity index (χ0n) is 15.0. The van der Waals surface area contributed by atoms with Gasteiger partial charge in [-0.25, -0.2) is 4.68 Å². The summed E-state index contributed by atoms with van der Waals surface area (Å²) in [5, 5.41) is 4.21. The molecule has 0 aliphatic heterocycles. The van der Waals surface area contributed by atoms with Gasteiger partial charge in [0.15, 0.2) is 11.5 Å². The van der Waals surface area contributed by atoms with Gasteiger partial charge in [0.1, 0.15) is 0 Å². The van der Waals surface area contributed by atoms with Gasteiger partial charge in [-0.05, 0) is 69.4 Å². The van der Waals surface area contributed by atoms with Crippen LogP contribution >= 0.6 is 0 Å². The third-order valence-corrected chi connectivity index (χ3v) is 4.42. The van der Waals surface area contributed by atoms with Crippen LogP contribution in [0.4, 0.5) is 0 Å². The first kappa shape index (κ1) is 17.3. The first-order chi connectivity index (χ1) is 12.1. The number of rotatable bonds is 5. The lowest BCUT2D eigenvalue weighted by molar-refractivity contribution is 0.0952. The lowest BCUT2D eigenvalue weighted by atomic mass is 10.2. The van der Waals surface area contributed by atoms with Crippen molar-refractivity contribution >= 4 is 12.0 Å². The van der Waals surface area contributed by atoms with Gasteiger partial charge < -0.3 is 9.47 Å². The van der Waals surface area contributed by atoms with Crippen molar-refractivity contribution in [3.05, 3.63) is 47.3 Å². The van der Waals surface area contributed by atoms with Crippen molar-refractivity contribution in [1.29, 1.82) is 0 Å². The highest BCUT2D eigenvalue weighted by atomic mass is 16.5. The Hall–Kier alpha value is -2.56. The van der Waals surface area contributed by atoms with Gasteiger partial charge >= 0.3 is 0 Å². The van der Waals surface area contributed by atoms with E-state index in [1.54, 1.807) is 13.2 Å². The van der Waals surface area contributed by atoms with Gasteiger partial charge in [0, 0.05) is 11.8 Å². The number of aryl methyl sites for hydroxylation is 2. The Morgan fingerprint density at radius 2 is 1.96 bits per heavy atom. The van der Waals surface area contributed by atoms with E-state index in [1.807, 2.05) is 38.1 Å². The standard InChI is InChI=1S/C20H24N2O3/c1-14-12-15(2)22(21-14)20(23)11-9-16-8-10-18(24-3)19(13-16)25-17-6-4-5-7-17/h8-13,17H,4-7H2,1-3H3/b11-9+. The molecule has 1 aliphatic carbocycles. The summed E-state index contributed by atoms with van der Waals surface area (Å²) in [6.07, 6.45) is 8.15. The maximum atomic E-state index is 12.3. The Balaban J connectivity index is 1.77. The Labute approximate surface area is 148 Å². The minimum Gasteiger partial charge on any atom is -0.493 e. The molecule has 25 heavy (non-hydrogen) atoms. The number of nitrogens with zero attached hydrogens (tertiary/aromatic N) is 2. The second-order valence-corrected chi connectivity index (χ2v) is 6.45. The van der Waals surface area contributed by atoms with Crippen molar-refractivity contribution in [2.24, 2.45) is 0 Å². The Kier molecular flexibility index (Phi) is 5.22. The normalized spacial score (nSPS) is 15.0. The molecule has 5 heteroatoms. The van der Waals surface area contributed by atoms with E-state index in [0.717, 1.165) is 35.5 Å². The van der Waals surface area contributed by atoms with Crippen molar-refractivity contribution in [2.45, 2.75) is 45.6 Å². The van der Waals surface area contributed by atoms with Crippen molar-refractivity contribution in [3.63, 3.8) is 0 Å². The summed E-state index contributed by atoms with van der Waals surface area (Å²) in [6, 6.07) is 7.58. The van der Waals surface area contributed by atoms with Gasteiger partial charge in [0.2, 0.25) is 0 Å². The second-order valence-electron chi connectivity index (χ2n) is 6.45. The van der Waals surface area contributed by atoms with E-state index in [9.17, 15) is 4.79 Å². The van der Waals surface area contributed by atoms with Crippen LogP contribution in [0, 0.1) is 13.8 Å². The molecule has 0 spiro atoms. The molecule has 2 aromatic rings. The predicted molar refractivity (Wildman–Crippen MR) is 97.2 cm³/mol.